The number of rotatable bonds is 10. The zero-order valence-corrected chi connectivity index (χ0v) is 19.7. The average molecular weight is 468 g/mol. The third-order valence-electron chi connectivity index (χ3n) is 5.02. The Balaban J connectivity index is 1.72. The van der Waals surface area contributed by atoms with Gasteiger partial charge in [-0.25, -0.2) is 12.7 Å². The van der Waals surface area contributed by atoms with Crippen LogP contribution in [0.2, 0.25) is 0 Å². The van der Waals surface area contributed by atoms with E-state index in [2.05, 4.69) is 10.2 Å². The van der Waals surface area contributed by atoms with E-state index in [9.17, 15) is 13.2 Å². The number of nitrogens with zero attached hydrogens (tertiary/aromatic N) is 2. The molecule has 2 aromatic rings. The van der Waals surface area contributed by atoms with E-state index in [0.717, 1.165) is 23.8 Å². The van der Waals surface area contributed by atoms with E-state index in [-0.39, 0.29) is 29.2 Å². The van der Waals surface area contributed by atoms with Gasteiger partial charge in [-0.05, 0) is 42.5 Å². The van der Waals surface area contributed by atoms with Gasteiger partial charge in [-0.15, -0.1) is 11.3 Å². The van der Waals surface area contributed by atoms with Crippen molar-refractivity contribution in [2.75, 3.05) is 46.2 Å². The SMILES string of the molecule is COc1ccc(NC(=O)CN(Cc2cccs2)C[C@H]2CCCO2)cc1S(=O)(=O)N(C)C. The molecule has 1 fully saturated rings. The Hall–Kier alpha value is -1.98. The molecule has 1 atom stereocenters. The Morgan fingerprint density at radius 3 is 2.74 bits per heavy atom. The highest BCUT2D eigenvalue weighted by Crippen LogP contribution is 2.29. The van der Waals surface area contributed by atoms with Crippen LogP contribution in [0.4, 0.5) is 5.69 Å². The maximum absolute atomic E-state index is 12.8. The molecule has 0 saturated carbocycles. The van der Waals surface area contributed by atoms with Gasteiger partial charge in [0.15, 0.2) is 0 Å². The van der Waals surface area contributed by atoms with Crippen molar-refractivity contribution in [1.82, 2.24) is 9.21 Å². The summed E-state index contributed by atoms with van der Waals surface area (Å²) < 4.78 is 37.3. The molecule has 1 aromatic heterocycles. The second-order valence-corrected chi connectivity index (χ2v) is 10.7. The summed E-state index contributed by atoms with van der Waals surface area (Å²) in [5, 5.41) is 4.84. The third-order valence-corrected chi connectivity index (χ3v) is 7.72. The second kappa shape index (κ2) is 10.6. The van der Waals surface area contributed by atoms with Gasteiger partial charge in [-0.1, -0.05) is 6.07 Å². The first-order valence-corrected chi connectivity index (χ1v) is 12.4. The summed E-state index contributed by atoms with van der Waals surface area (Å²) in [4.78, 5) is 16.0. The van der Waals surface area contributed by atoms with Crippen molar-refractivity contribution in [2.24, 2.45) is 0 Å². The number of benzene rings is 1. The van der Waals surface area contributed by atoms with Crippen molar-refractivity contribution in [3.8, 4) is 5.75 Å². The van der Waals surface area contributed by atoms with E-state index in [1.54, 1.807) is 23.5 Å². The molecule has 2 heterocycles. The van der Waals surface area contributed by atoms with E-state index in [1.165, 1.54) is 32.1 Å². The highest BCUT2D eigenvalue weighted by Gasteiger charge is 2.24. The summed E-state index contributed by atoms with van der Waals surface area (Å²) in [7, 11) is 0.597. The van der Waals surface area contributed by atoms with Crippen molar-refractivity contribution >= 4 is 33.0 Å². The molecule has 0 bridgehead atoms. The van der Waals surface area contributed by atoms with Crippen LogP contribution < -0.4 is 10.1 Å². The zero-order chi connectivity index (χ0) is 22.4. The molecule has 31 heavy (non-hydrogen) atoms. The molecule has 1 amide bonds. The largest absolute Gasteiger partial charge is 0.495 e. The molecule has 1 saturated heterocycles. The van der Waals surface area contributed by atoms with Crippen molar-refractivity contribution < 1.29 is 22.7 Å². The minimum Gasteiger partial charge on any atom is -0.495 e. The van der Waals surface area contributed by atoms with Crippen molar-refractivity contribution in [3.63, 3.8) is 0 Å². The summed E-state index contributed by atoms with van der Waals surface area (Å²) in [6.45, 7) is 2.28. The fourth-order valence-corrected chi connectivity index (χ4v) is 5.26. The maximum atomic E-state index is 12.8. The van der Waals surface area contributed by atoms with Crippen molar-refractivity contribution in [2.45, 2.75) is 30.4 Å². The van der Waals surface area contributed by atoms with E-state index in [4.69, 9.17) is 9.47 Å². The van der Waals surface area contributed by atoms with Gasteiger partial charge in [0.2, 0.25) is 15.9 Å². The molecule has 8 nitrogen and oxygen atoms in total. The van der Waals surface area contributed by atoms with Crippen LogP contribution in [0.15, 0.2) is 40.6 Å². The van der Waals surface area contributed by atoms with Crippen molar-refractivity contribution in [1.29, 1.82) is 0 Å². The number of ether oxygens (including phenoxy) is 2. The Labute approximate surface area is 187 Å². The average Bonchev–Trinajstić information content (AvgIpc) is 3.42. The van der Waals surface area contributed by atoms with Crippen LogP contribution in [0.25, 0.3) is 0 Å². The molecular formula is C21H29N3O5S2. The zero-order valence-electron chi connectivity index (χ0n) is 18.0. The van der Waals surface area contributed by atoms with Gasteiger partial charge in [-0.3, -0.25) is 9.69 Å². The molecule has 0 aliphatic carbocycles. The number of hydrogen-bond donors (Lipinski definition) is 1. The number of sulfonamides is 1. The second-order valence-electron chi connectivity index (χ2n) is 7.59. The summed E-state index contributed by atoms with van der Waals surface area (Å²) >= 11 is 1.65. The maximum Gasteiger partial charge on any atom is 0.246 e. The Kier molecular flexibility index (Phi) is 8.06. The van der Waals surface area contributed by atoms with Gasteiger partial charge in [0, 0.05) is 44.4 Å². The smallest absolute Gasteiger partial charge is 0.246 e. The van der Waals surface area contributed by atoms with E-state index in [0.29, 0.717) is 18.8 Å². The first-order chi connectivity index (χ1) is 14.8. The van der Waals surface area contributed by atoms with Gasteiger partial charge < -0.3 is 14.8 Å². The quantitative estimate of drug-likeness (QED) is 0.578. The van der Waals surface area contributed by atoms with Crippen LogP contribution in [-0.2, 0) is 26.1 Å². The normalized spacial score (nSPS) is 16.7. The lowest BCUT2D eigenvalue weighted by atomic mass is 10.2. The number of carbonyl (C=O) groups is 1. The Morgan fingerprint density at radius 1 is 1.32 bits per heavy atom. The van der Waals surface area contributed by atoms with Gasteiger partial charge in [0.05, 0.1) is 19.8 Å². The number of hydrogen-bond acceptors (Lipinski definition) is 7. The minimum absolute atomic E-state index is 0.00703. The standard InChI is InChI=1S/C21H29N3O5S2/c1-23(2)31(26,27)20-12-16(8-9-19(20)28-3)22-21(25)15-24(13-17-6-4-10-29-17)14-18-7-5-11-30-18/h5,7-9,11-12,17H,4,6,10,13-15H2,1-3H3,(H,22,25)/t17-/m1/s1. The number of methoxy groups -OCH3 is 1. The third kappa shape index (κ3) is 6.27. The van der Waals surface area contributed by atoms with E-state index >= 15 is 0 Å². The Morgan fingerprint density at radius 2 is 2.13 bits per heavy atom. The highest BCUT2D eigenvalue weighted by molar-refractivity contribution is 7.89. The molecule has 1 aliphatic rings. The van der Waals surface area contributed by atoms with Crippen LogP contribution in [0, 0.1) is 0 Å². The lowest BCUT2D eigenvalue weighted by molar-refractivity contribution is -0.117. The summed E-state index contributed by atoms with van der Waals surface area (Å²) in [6.07, 6.45) is 2.16. The molecule has 0 unspecified atom stereocenters. The van der Waals surface area contributed by atoms with Crippen LogP contribution in [-0.4, -0.2) is 70.5 Å². The van der Waals surface area contributed by atoms with Crippen LogP contribution in [0.3, 0.4) is 0 Å². The summed E-state index contributed by atoms with van der Waals surface area (Å²) in [5.41, 5.74) is 0.402. The van der Waals surface area contributed by atoms with Crippen LogP contribution >= 0.6 is 11.3 Å². The lowest BCUT2D eigenvalue weighted by Crippen LogP contribution is -2.37. The fraction of sp³-hybridized carbons (Fsp3) is 0.476. The van der Waals surface area contributed by atoms with Gasteiger partial charge >= 0.3 is 0 Å². The first kappa shape index (κ1) is 23.7. The molecule has 3 rings (SSSR count). The van der Waals surface area contributed by atoms with Crippen LogP contribution in [0.5, 0.6) is 5.75 Å². The molecular weight excluding hydrogens is 438 g/mol. The Bertz CT molecular complexity index is 971. The first-order valence-electron chi connectivity index (χ1n) is 10.1. The number of amides is 1. The van der Waals surface area contributed by atoms with Crippen LogP contribution in [0.1, 0.15) is 17.7 Å². The minimum atomic E-state index is -3.72. The van der Waals surface area contributed by atoms with E-state index < -0.39 is 10.0 Å². The fourth-order valence-electron chi connectivity index (χ4n) is 3.44. The van der Waals surface area contributed by atoms with Gasteiger partial charge in [0.1, 0.15) is 10.6 Å². The highest BCUT2D eigenvalue weighted by atomic mass is 32.2. The van der Waals surface area contributed by atoms with Gasteiger partial charge in [0.25, 0.3) is 0 Å². The summed E-state index contributed by atoms with van der Waals surface area (Å²) in [5.74, 6) is 0.0114. The topological polar surface area (TPSA) is 88.2 Å². The molecule has 10 heteroatoms. The predicted octanol–water partition coefficient (Wildman–Crippen LogP) is 2.63. The monoisotopic (exact) mass is 467 g/mol. The van der Waals surface area contributed by atoms with Crippen molar-refractivity contribution in [3.05, 3.63) is 40.6 Å². The number of nitrogens with one attached hydrogen (secondary N) is 1. The molecule has 0 spiro atoms. The number of thiophene rings is 1. The predicted molar refractivity (Wildman–Crippen MR) is 121 cm³/mol. The molecule has 1 aliphatic heterocycles. The molecule has 1 aromatic carbocycles. The number of carbonyl (C=O) groups excluding carboxylic acids is 1. The summed E-state index contributed by atoms with van der Waals surface area (Å²) in [6, 6.07) is 8.65. The molecule has 0 radical (unpaired) electrons. The van der Waals surface area contributed by atoms with Gasteiger partial charge in [-0.2, -0.15) is 0 Å². The van der Waals surface area contributed by atoms with E-state index in [1.807, 2.05) is 17.5 Å². The number of anilines is 1. The lowest BCUT2D eigenvalue weighted by Gasteiger charge is -2.24. The molecule has 170 valence electrons. The molecule has 1 N–H and O–H groups in total.